The van der Waals surface area contributed by atoms with Gasteiger partial charge >= 0.3 is 0 Å². The van der Waals surface area contributed by atoms with E-state index in [0.29, 0.717) is 0 Å². The molecule has 0 saturated heterocycles. The van der Waals surface area contributed by atoms with E-state index in [1.54, 1.807) is 0 Å². The van der Waals surface area contributed by atoms with Crippen LogP contribution in [-0.2, 0) is 8.27 Å². The van der Waals surface area contributed by atoms with Gasteiger partial charge in [-0.15, -0.1) is 0 Å². The summed E-state index contributed by atoms with van der Waals surface area (Å²) >= 11 is 2.55. The fourth-order valence-corrected chi connectivity index (χ4v) is 1.64. The topological polar surface area (TPSA) is 34.1 Å². The summed E-state index contributed by atoms with van der Waals surface area (Å²) in [7, 11) is -2.87. The van der Waals surface area contributed by atoms with Crippen molar-refractivity contribution in [3.05, 3.63) is 0 Å². The summed E-state index contributed by atoms with van der Waals surface area (Å²) in [6.07, 6.45) is 1.67. The molecule has 0 rings (SSSR count). The van der Waals surface area contributed by atoms with E-state index < -0.39 is 8.27 Å². The molecule has 0 atom stereocenters. The number of hydrogen-bond donors (Lipinski definition) is 0. The smallest absolute Gasteiger partial charge is 0.209 e. The van der Waals surface area contributed by atoms with Crippen molar-refractivity contribution in [1.29, 1.82) is 0 Å². The highest BCUT2D eigenvalue weighted by Crippen LogP contribution is 2.02. The van der Waals surface area contributed by atoms with Gasteiger partial charge in [0.1, 0.15) is 0 Å². The molecule has 0 aliphatic rings. The Hall–Kier alpha value is 0.430. The van der Waals surface area contributed by atoms with Crippen molar-refractivity contribution >= 4 is 23.1 Å². The van der Waals surface area contributed by atoms with Crippen molar-refractivity contribution in [1.82, 2.24) is 0 Å². The molecule has 0 radical (unpaired) electrons. The molecule has 2 nitrogen and oxygen atoms in total. The first kappa shape index (κ1) is 8.43. The molecule has 0 amide bonds. The van der Waals surface area contributed by atoms with Crippen molar-refractivity contribution in [3.8, 4) is 0 Å². The molecular formula is C4H9BrO2S. The quantitative estimate of drug-likeness (QED) is 0.648. The minimum atomic E-state index is -2.87. The van der Waals surface area contributed by atoms with Gasteiger partial charge in [0.25, 0.3) is 0 Å². The van der Waals surface area contributed by atoms with E-state index in [4.69, 9.17) is 0 Å². The van der Waals surface area contributed by atoms with Crippen LogP contribution in [0.2, 0.25) is 0 Å². The van der Waals surface area contributed by atoms with Gasteiger partial charge in [0.15, 0.2) is 0 Å². The van der Waals surface area contributed by atoms with Gasteiger partial charge in [-0.05, 0) is 6.42 Å². The van der Waals surface area contributed by atoms with E-state index >= 15 is 0 Å². The Morgan fingerprint density at radius 1 is 1.50 bits per heavy atom. The molecule has 0 aliphatic heterocycles. The van der Waals surface area contributed by atoms with E-state index in [1.165, 1.54) is 0 Å². The number of halogens is 1. The first-order valence-electron chi connectivity index (χ1n) is 2.48. The summed E-state index contributed by atoms with van der Waals surface area (Å²) in [5.74, 6) is 0.253. The predicted octanol–water partition coefficient (Wildman–Crippen LogP) is 1.51. The largest absolute Gasteiger partial charge is 0.217 e. The van der Waals surface area contributed by atoms with Crippen LogP contribution in [0.15, 0.2) is 0 Å². The molecule has 4 heteroatoms. The number of hydrogen-bond acceptors (Lipinski definition) is 2. The van der Waals surface area contributed by atoms with Gasteiger partial charge in [-0.25, -0.2) is 8.42 Å². The molecule has 0 aromatic heterocycles. The van der Waals surface area contributed by atoms with Crippen molar-refractivity contribution in [2.24, 2.45) is 0 Å². The van der Waals surface area contributed by atoms with Crippen LogP contribution >= 0.6 is 14.8 Å². The summed E-state index contributed by atoms with van der Waals surface area (Å²) in [5.41, 5.74) is 0. The maximum absolute atomic E-state index is 10.3. The molecule has 8 heavy (non-hydrogen) atoms. The SMILES string of the molecule is CCCCS(=O)(=O)Br. The summed E-state index contributed by atoms with van der Waals surface area (Å²) in [4.78, 5) is 0. The lowest BCUT2D eigenvalue weighted by Crippen LogP contribution is -1.94. The van der Waals surface area contributed by atoms with E-state index in [1.807, 2.05) is 6.92 Å². The molecule has 0 heterocycles. The third-order valence-corrected chi connectivity index (χ3v) is 2.49. The van der Waals surface area contributed by atoms with Gasteiger partial charge < -0.3 is 0 Å². The average Bonchev–Trinajstić information content (AvgIpc) is 1.59. The van der Waals surface area contributed by atoms with Gasteiger partial charge in [0.05, 0.1) is 20.6 Å². The summed E-state index contributed by atoms with van der Waals surface area (Å²) in [6, 6.07) is 0. The standard InChI is InChI=1S/C4H9BrO2S/c1-2-3-4-8(5,6)7/h2-4H2,1H3. The highest BCUT2D eigenvalue weighted by Gasteiger charge is 2.00. The molecule has 0 aromatic carbocycles. The predicted molar refractivity (Wildman–Crippen MR) is 37.6 cm³/mol. The van der Waals surface area contributed by atoms with Crippen molar-refractivity contribution in [2.75, 3.05) is 5.75 Å². The average molecular weight is 201 g/mol. The second kappa shape index (κ2) is 3.45. The van der Waals surface area contributed by atoms with E-state index in [9.17, 15) is 8.42 Å². The summed E-state index contributed by atoms with van der Waals surface area (Å²) in [5, 5.41) is 0. The molecular weight excluding hydrogens is 192 g/mol. The second-order valence-electron chi connectivity index (χ2n) is 1.60. The fourth-order valence-electron chi connectivity index (χ4n) is 0.317. The van der Waals surface area contributed by atoms with Crippen molar-refractivity contribution in [2.45, 2.75) is 19.8 Å². The van der Waals surface area contributed by atoms with Crippen LogP contribution in [0.1, 0.15) is 19.8 Å². The molecule has 0 N–H and O–H groups in total. The summed E-state index contributed by atoms with van der Waals surface area (Å²) in [6.45, 7) is 1.96. The molecule has 0 fully saturated rings. The highest BCUT2D eigenvalue weighted by atomic mass is 79.9. The third kappa shape index (κ3) is 6.43. The van der Waals surface area contributed by atoms with Crippen LogP contribution in [0.25, 0.3) is 0 Å². The maximum Gasteiger partial charge on any atom is 0.209 e. The number of unbranched alkanes of at least 4 members (excludes halogenated alkanes) is 1. The van der Waals surface area contributed by atoms with Crippen LogP contribution < -0.4 is 0 Å². The van der Waals surface area contributed by atoms with E-state index in [-0.39, 0.29) is 5.75 Å². The van der Waals surface area contributed by atoms with Crippen LogP contribution in [0.4, 0.5) is 0 Å². The zero-order valence-corrected chi connectivity index (χ0v) is 7.13. The van der Waals surface area contributed by atoms with Crippen LogP contribution in [0, 0.1) is 0 Å². The minimum absolute atomic E-state index is 0.253. The monoisotopic (exact) mass is 200 g/mol. The zero-order valence-electron chi connectivity index (χ0n) is 4.72. The molecule has 0 aliphatic carbocycles. The van der Waals surface area contributed by atoms with Gasteiger partial charge in [0, 0.05) is 0 Å². The lowest BCUT2D eigenvalue weighted by molar-refractivity contribution is 0.608. The Bertz CT molecular complexity index is 138. The van der Waals surface area contributed by atoms with Gasteiger partial charge in [-0.2, -0.15) is 0 Å². The molecule has 0 aromatic rings. The molecule has 0 spiro atoms. The van der Waals surface area contributed by atoms with Gasteiger partial charge in [-0.1, -0.05) is 13.3 Å². The molecule has 0 bridgehead atoms. The molecule has 0 saturated carbocycles. The normalized spacial score (nSPS) is 11.8. The maximum atomic E-state index is 10.3. The third-order valence-electron chi connectivity index (χ3n) is 0.742. The van der Waals surface area contributed by atoms with Crippen molar-refractivity contribution < 1.29 is 8.42 Å². The highest BCUT2D eigenvalue weighted by molar-refractivity contribution is 9.47. The van der Waals surface area contributed by atoms with E-state index in [0.717, 1.165) is 12.8 Å². The molecule has 50 valence electrons. The number of rotatable bonds is 3. The second-order valence-corrected chi connectivity index (χ2v) is 6.04. The van der Waals surface area contributed by atoms with Gasteiger partial charge in [0.2, 0.25) is 8.27 Å². The Morgan fingerprint density at radius 2 is 2.00 bits per heavy atom. The van der Waals surface area contributed by atoms with Crippen LogP contribution in [0.3, 0.4) is 0 Å². The first-order chi connectivity index (χ1) is 3.56. The first-order valence-corrected chi connectivity index (χ1v) is 5.98. The lowest BCUT2D eigenvalue weighted by Gasteiger charge is -1.89. The Morgan fingerprint density at radius 3 is 2.12 bits per heavy atom. The van der Waals surface area contributed by atoms with Crippen LogP contribution in [-0.4, -0.2) is 14.2 Å². The molecule has 0 unspecified atom stereocenters. The minimum Gasteiger partial charge on any atom is -0.217 e. The van der Waals surface area contributed by atoms with Gasteiger partial charge in [-0.3, -0.25) is 0 Å². The Labute approximate surface area is 57.4 Å². The Balaban J connectivity index is 3.42. The van der Waals surface area contributed by atoms with Crippen LogP contribution in [0.5, 0.6) is 0 Å². The Kier molecular flexibility index (Phi) is 3.64. The summed E-state index contributed by atoms with van der Waals surface area (Å²) < 4.78 is 20.6. The lowest BCUT2D eigenvalue weighted by atomic mass is 10.4. The fraction of sp³-hybridized carbons (Fsp3) is 1.00. The van der Waals surface area contributed by atoms with Crippen molar-refractivity contribution in [3.63, 3.8) is 0 Å². The van der Waals surface area contributed by atoms with E-state index in [2.05, 4.69) is 14.8 Å². The zero-order chi connectivity index (χ0) is 6.62.